The van der Waals surface area contributed by atoms with Crippen LogP contribution in [0.5, 0.6) is 0 Å². The van der Waals surface area contributed by atoms with E-state index in [1.807, 2.05) is 30.3 Å². The first-order valence-corrected chi connectivity index (χ1v) is 9.09. The fourth-order valence-electron chi connectivity index (χ4n) is 2.75. The topological polar surface area (TPSA) is 90.3 Å². The molecule has 1 amide bonds. The molecule has 1 heterocycles. The van der Waals surface area contributed by atoms with Crippen LogP contribution in [-0.2, 0) is 9.53 Å². The number of carbonyl (C=O) groups is 3. The average Bonchev–Trinajstić information content (AvgIpc) is 3.10. The molecule has 2 aromatic carbocycles. The lowest BCUT2D eigenvalue weighted by Crippen LogP contribution is -2.30. The zero-order valence-electron chi connectivity index (χ0n) is 16.4. The minimum atomic E-state index is -1.01. The van der Waals surface area contributed by atoms with Gasteiger partial charge in [-0.3, -0.25) is 9.59 Å². The van der Waals surface area contributed by atoms with E-state index in [1.165, 1.54) is 20.0 Å². The van der Waals surface area contributed by atoms with Gasteiger partial charge < -0.3 is 10.1 Å². The van der Waals surface area contributed by atoms with E-state index in [1.54, 1.807) is 35.9 Å². The van der Waals surface area contributed by atoms with Gasteiger partial charge in [0.2, 0.25) is 0 Å². The minimum Gasteiger partial charge on any atom is -0.449 e. The van der Waals surface area contributed by atoms with Crippen LogP contribution in [-0.4, -0.2) is 33.5 Å². The molecule has 0 saturated heterocycles. The van der Waals surface area contributed by atoms with Crippen molar-refractivity contribution in [3.05, 3.63) is 77.6 Å². The van der Waals surface area contributed by atoms with Crippen molar-refractivity contribution < 1.29 is 19.1 Å². The average molecular weight is 391 g/mol. The lowest BCUT2D eigenvalue weighted by atomic mass is 10.1. The highest BCUT2D eigenvalue weighted by Gasteiger charge is 2.22. The molecule has 0 spiro atoms. The van der Waals surface area contributed by atoms with E-state index in [4.69, 9.17) is 4.74 Å². The van der Waals surface area contributed by atoms with Gasteiger partial charge in [0.15, 0.2) is 11.9 Å². The molecular weight excluding hydrogens is 370 g/mol. The minimum absolute atomic E-state index is 0.0587. The van der Waals surface area contributed by atoms with Crippen molar-refractivity contribution in [3.8, 4) is 5.69 Å². The molecule has 1 aromatic heterocycles. The van der Waals surface area contributed by atoms with Gasteiger partial charge in [-0.25, -0.2) is 9.48 Å². The van der Waals surface area contributed by atoms with Gasteiger partial charge in [-0.15, -0.1) is 0 Å². The van der Waals surface area contributed by atoms with Crippen molar-refractivity contribution >= 4 is 23.3 Å². The van der Waals surface area contributed by atoms with Crippen molar-refractivity contribution in [2.45, 2.75) is 26.9 Å². The van der Waals surface area contributed by atoms with E-state index in [0.29, 0.717) is 22.5 Å². The quantitative estimate of drug-likeness (QED) is 0.512. The molecule has 0 aliphatic rings. The van der Waals surface area contributed by atoms with Crippen LogP contribution >= 0.6 is 0 Å². The number of Topliss-reactive ketones (excluding diaryl/α,β-unsaturated/α-hetero) is 1. The summed E-state index contributed by atoms with van der Waals surface area (Å²) in [7, 11) is 0. The van der Waals surface area contributed by atoms with Crippen LogP contribution in [0, 0.1) is 6.92 Å². The molecule has 0 radical (unpaired) electrons. The highest BCUT2D eigenvalue weighted by Crippen LogP contribution is 2.16. The number of rotatable bonds is 6. The van der Waals surface area contributed by atoms with Crippen LogP contribution in [0.1, 0.15) is 40.3 Å². The number of para-hydroxylation sites is 1. The van der Waals surface area contributed by atoms with E-state index >= 15 is 0 Å². The number of carbonyl (C=O) groups excluding carboxylic acids is 3. The van der Waals surface area contributed by atoms with Crippen molar-refractivity contribution in [2.75, 3.05) is 5.32 Å². The van der Waals surface area contributed by atoms with E-state index in [-0.39, 0.29) is 5.78 Å². The lowest BCUT2D eigenvalue weighted by molar-refractivity contribution is -0.123. The summed E-state index contributed by atoms with van der Waals surface area (Å²) < 4.78 is 6.94. The Hall–Kier alpha value is -3.74. The molecule has 1 unspecified atom stereocenters. The third-order valence-corrected chi connectivity index (χ3v) is 4.44. The summed E-state index contributed by atoms with van der Waals surface area (Å²) >= 11 is 0. The maximum absolute atomic E-state index is 12.5. The number of hydrogen-bond donors (Lipinski definition) is 1. The summed E-state index contributed by atoms with van der Waals surface area (Å²) in [6.07, 6.45) is 0.421. The molecule has 148 valence electrons. The summed E-state index contributed by atoms with van der Waals surface area (Å²) in [5, 5.41) is 6.90. The molecule has 7 nitrogen and oxygen atoms in total. The number of benzene rings is 2. The molecule has 29 heavy (non-hydrogen) atoms. The molecule has 0 bridgehead atoms. The van der Waals surface area contributed by atoms with E-state index < -0.39 is 18.0 Å². The Labute approximate surface area is 168 Å². The summed E-state index contributed by atoms with van der Waals surface area (Å²) in [6, 6.07) is 15.9. The number of ketones is 1. The monoisotopic (exact) mass is 391 g/mol. The number of amides is 1. The Bertz CT molecular complexity index is 1040. The van der Waals surface area contributed by atoms with E-state index in [9.17, 15) is 14.4 Å². The summed E-state index contributed by atoms with van der Waals surface area (Å²) in [4.78, 5) is 36.1. The first kappa shape index (κ1) is 20.0. The third-order valence-electron chi connectivity index (χ3n) is 4.44. The normalized spacial score (nSPS) is 11.6. The van der Waals surface area contributed by atoms with Crippen molar-refractivity contribution in [2.24, 2.45) is 0 Å². The Morgan fingerprint density at radius 1 is 1.03 bits per heavy atom. The van der Waals surface area contributed by atoms with Gasteiger partial charge in [-0.05, 0) is 57.2 Å². The molecule has 0 saturated carbocycles. The largest absolute Gasteiger partial charge is 0.449 e. The number of nitrogens with zero attached hydrogens (tertiary/aromatic N) is 2. The van der Waals surface area contributed by atoms with Crippen LogP contribution in [0.2, 0.25) is 0 Å². The van der Waals surface area contributed by atoms with Gasteiger partial charge >= 0.3 is 5.97 Å². The second-order valence-corrected chi connectivity index (χ2v) is 6.56. The number of hydrogen-bond acceptors (Lipinski definition) is 5. The molecular formula is C22H21N3O4. The van der Waals surface area contributed by atoms with Crippen LogP contribution in [0.4, 0.5) is 5.69 Å². The molecule has 0 aliphatic heterocycles. The number of anilines is 1. The molecule has 1 N–H and O–H groups in total. The number of aromatic nitrogens is 2. The Morgan fingerprint density at radius 3 is 2.31 bits per heavy atom. The van der Waals surface area contributed by atoms with Crippen LogP contribution in [0.15, 0.2) is 60.8 Å². The van der Waals surface area contributed by atoms with Gasteiger partial charge in [0.1, 0.15) is 5.56 Å². The molecule has 3 aromatic rings. The number of nitrogens with one attached hydrogen (secondary N) is 1. The van der Waals surface area contributed by atoms with E-state index in [0.717, 1.165) is 5.69 Å². The van der Waals surface area contributed by atoms with Crippen LogP contribution in [0.25, 0.3) is 5.69 Å². The number of esters is 1. The van der Waals surface area contributed by atoms with Gasteiger partial charge in [-0.1, -0.05) is 18.2 Å². The first-order chi connectivity index (χ1) is 13.9. The van der Waals surface area contributed by atoms with Gasteiger partial charge in [0.05, 0.1) is 17.6 Å². The molecule has 7 heteroatoms. The summed E-state index contributed by atoms with van der Waals surface area (Å²) in [6.45, 7) is 4.73. The van der Waals surface area contributed by atoms with Crippen LogP contribution in [0.3, 0.4) is 0 Å². The lowest BCUT2D eigenvalue weighted by Gasteiger charge is -2.13. The predicted molar refractivity (Wildman–Crippen MR) is 108 cm³/mol. The second-order valence-electron chi connectivity index (χ2n) is 6.56. The SMILES string of the molecule is CC(=O)c1ccc(NC(=O)C(C)OC(=O)c2cnn(-c3ccccc3)c2C)cc1. The zero-order valence-corrected chi connectivity index (χ0v) is 16.4. The fraction of sp³-hybridized carbons (Fsp3) is 0.182. The maximum atomic E-state index is 12.5. The third kappa shape index (κ3) is 4.57. The summed E-state index contributed by atoms with van der Waals surface area (Å²) in [5.74, 6) is -1.15. The first-order valence-electron chi connectivity index (χ1n) is 9.09. The zero-order chi connectivity index (χ0) is 21.0. The second kappa shape index (κ2) is 8.52. The molecule has 3 rings (SSSR count). The Kier molecular flexibility index (Phi) is 5.87. The Balaban J connectivity index is 1.65. The van der Waals surface area contributed by atoms with E-state index in [2.05, 4.69) is 10.4 Å². The number of ether oxygens (including phenoxy) is 1. The smallest absolute Gasteiger partial charge is 0.342 e. The highest BCUT2D eigenvalue weighted by molar-refractivity contribution is 5.98. The van der Waals surface area contributed by atoms with Crippen LogP contribution < -0.4 is 5.32 Å². The molecule has 1 atom stereocenters. The fourth-order valence-corrected chi connectivity index (χ4v) is 2.75. The van der Waals surface area contributed by atoms with Gasteiger partial charge in [-0.2, -0.15) is 5.10 Å². The van der Waals surface area contributed by atoms with Crippen molar-refractivity contribution in [3.63, 3.8) is 0 Å². The van der Waals surface area contributed by atoms with Gasteiger partial charge in [0, 0.05) is 11.3 Å². The van der Waals surface area contributed by atoms with Crippen molar-refractivity contribution in [1.29, 1.82) is 0 Å². The summed E-state index contributed by atoms with van der Waals surface area (Å²) in [5.41, 5.74) is 2.79. The standard InChI is InChI=1S/C22H21N3O4/c1-14-20(13-23-25(14)19-7-5-4-6-8-19)22(28)29-16(3)21(27)24-18-11-9-17(10-12-18)15(2)26/h4-13,16H,1-3H3,(H,24,27). The van der Waals surface area contributed by atoms with Crippen molar-refractivity contribution in [1.82, 2.24) is 9.78 Å². The maximum Gasteiger partial charge on any atom is 0.342 e. The predicted octanol–water partition coefficient (Wildman–Crippen LogP) is 3.57. The van der Waals surface area contributed by atoms with Gasteiger partial charge in [0.25, 0.3) is 5.91 Å². The molecule has 0 fully saturated rings. The molecule has 0 aliphatic carbocycles. The highest BCUT2D eigenvalue weighted by atomic mass is 16.5. The Morgan fingerprint density at radius 2 is 1.69 bits per heavy atom.